The van der Waals surface area contributed by atoms with E-state index in [-0.39, 0.29) is 0 Å². The Morgan fingerprint density at radius 3 is 1.67 bits per heavy atom. The summed E-state index contributed by atoms with van der Waals surface area (Å²) < 4.78 is 4.60. The number of hydrogen-bond donors (Lipinski definition) is 1. The SMILES string of the molecule is CO[P+](C)(C)O. The van der Waals surface area contributed by atoms with Crippen molar-refractivity contribution in [1.82, 2.24) is 0 Å². The van der Waals surface area contributed by atoms with Crippen LogP contribution in [0.2, 0.25) is 0 Å². The summed E-state index contributed by atoms with van der Waals surface area (Å²) in [6.07, 6.45) is 0. The largest absolute Gasteiger partial charge is 0.265 e. The topological polar surface area (TPSA) is 29.5 Å². The van der Waals surface area contributed by atoms with Gasteiger partial charge in [0.15, 0.2) is 0 Å². The van der Waals surface area contributed by atoms with E-state index in [1.54, 1.807) is 13.3 Å². The van der Waals surface area contributed by atoms with Gasteiger partial charge in [0.25, 0.3) is 7.72 Å². The Labute approximate surface area is 38.6 Å². The molecule has 0 spiro atoms. The molecular weight excluding hydrogens is 99.0 g/mol. The Morgan fingerprint density at radius 2 is 1.67 bits per heavy atom. The van der Waals surface area contributed by atoms with Gasteiger partial charge in [-0.05, 0) is 0 Å². The number of hydrogen-bond acceptors (Lipinski definition) is 2. The van der Waals surface area contributed by atoms with Gasteiger partial charge in [-0.3, -0.25) is 0 Å². The van der Waals surface area contributed by atoms with Crippen LogP contribution in [0, 0.1) is 0 Å². The van der Waals surface area contributed by atoms with Gasteiger partial charge in [0.2, 0.25) is 0 Å². The van der Waals surface area contributed by atoms with E-state index in [0.29, 0.717) is 0 Å². The summed E-state index contributed by atoms with van der Waals surface area (Å²) in [5.74, 6) is 0. The maximum absolute atomic E-state index is 8.72. The molecule has 0 aromatic rings. The van der Waals surface area contributed by atoms with Gasteiger partial charge >= 0.3 is 0 Å². The van der Waals surface area contributed by atoms with Crippen LogP contribution < -0.4 is 0 Å². The lowest BCUT2D eigenvalue weighted by Crippen LogP contribution is -1.85. The molecule has 0 aliphatic rings. The van der Waals surface area contributed by atoms with E-state index in [1.807, 2.05) is 0 Å². The minimum absolute atomic E-state index is 1.51. The van der Waals surface area contributed by atoms with Gasteiger partial charge in [-0.15, -0.1) is 0 Å². The molecular formula is C3H10O2P+. The van der Waals surface area contributed by atoms with E-state index in [4.69, 9.17) is 4.89 Å². The first-order valence-corrected chi connectivity index (χ1v) is 4.24. The van der Waals surface area contributed by atoms with Crippen molar-refractivity contribution in [2.75, 3.05) is 20.4 Å². The van der Waals surface area contributed by atoms with E-state index < -0.39 is 7.72 Å². The molecule has 0 aliphatic heterocycles. The first-order valence-electron chi connectivity index (χ1n) is 1.69. The van der Waals surface area contributed by atoms with Crippen LogP contribution in [0.15, 0.2) is 0 Å². The molecule has 38 valence electrons. The zero-order valence-electron chi connectivity index (χ0n) is 4.30. The van der Waals surface area contributed by atoms with Gasteiger partial charge in [0, 0.05) is 0 Å². The summed E-state index contributed by atoms with van der Waals surface area (Å²) in [7, 11) is -0.389. The van der Waals surface area contributed by atoms with Gasteiger partial charge in [-0.1, -0.05) is 0 Å². The van der Waals surface area contributed by atoms with Crippen LogP contribution in [0.5, 0.6) is 0 Å². The van der Waals surface area contributed by atoms with E-state index in [0.717, 1.165) is 0 Å². The molecule has 0 aromatic heterocycles. The average molecular weight is 109 g/mol. The minimum Gasteiger partial charge on any atom is -0.221 e. The van der Waals surface area contributed by atoms with Gasteiger partial charge in [0.1, 0.15) is 13.3 Å². The molecule has 0 bridgehead atoms. The minimum atomic E-state index is -1.90. The van der Waals surface area contributed by atoms with Crippen molar-refractivity contribution in [2.24, 2.45) is 0 Å². The Bertz CT molecular complexity index is 38.5. The van der Waals surface area contributed by atoms with Gasteiger partial charge in [-0.2, -0.15) is 0 Å². The molecule has 0 saturated heterocycles. The monoisotopic (exact) mass is 109 g/mol. The maximum atomic E-state index is 8.72. The van der Waals surface area contributed by atoms with Crippen molar-refractivity contribution >= 4 is 7.72 Å². The Hall–Kier alpha value is 0.350. The molecule has 0 unspecified atom stereocenters. The normalized spacial score (nSPS) is 12.0. The average Bonchev–Trinajstić information content (AvgIpc) is 1.35. The zero-order valence-corrected chi connectivity index (χ0v) is 5.20. The summed E-state index contributed by atoms with van der Waals surface area (Å²) in [6.45, 7) is 3.38. The second-order valence-corrected chi connectivity index (χ2v) is 4.43. The fourth-order valence-corrected chi connectivity index (χ4v) is 0. The Balaban J connectivity index is 3.17. The standard InChI is InChI=1S/C3H10O2P/c1-5-6(2,3)4/h4H,1-3H3/q+1. The summed E-state index contributed by atoms with van der Waals surface area (Å²) in [4.78, 5) is 8.72. The van der Waals surface area contributed by atoms with Crippen LogP contribution in [0.25, 0.3) is 0 Å². The highest BCUT2D eigenvalue weighted by atomic mass is 31.2. The molecule has 2 nitrogen and oxygen atoms in total. The fourth-order valence-electron chi connectivity index (χ4n) is 0. The second-order valence-electron chi connectivity index (χ2n) is 1.48. The highest BCUT2D eigenvalue weighted by molar-refractivity contribution is 7.63. The number of rotatable bonds is 1. The molecule has 0 aromatic carbocycles. The molecule has 0 radical (unpaired) electrons. The first kappa shape index (κ1) is 6.35. The van der Waals surface area contributed by atoms with Crippen LogP contribution in [0.3, 0.4) is 0 Å². The van der Waals surface area contributed by atoms with Crippen LogP contribution in [0.1, 0.15) is 0 Å². The summed E-state index contributed by atoms with van der Waals surface area (Å²) in [5.41, 5.74) is 0. The third-order valence-corrected chi connectivity index (χ3v) is 1.34. The highest BCUT2D eigenvalue weighted by Crippen LogP contribution is 2.45. The van der Waals surface area contributed by atoms with E-state index in [9.17, 15) is 0 Å². The molecule has 0 fully saturated rings. The van der Waals surface area contributed by atoms with E-state index in [1.165, 1.54) is 7.11 Å². The third-order valence-electron chi connectivity index (χ3n) is 0.447. The Kier molecular flexibility index (Phi) is 1.98. The van der Waals surface area contributed by atoms with Crippen LogP contribution in [-0.4, -0.2) is 25.3 Å². The van der Waals surface area contributed by atoms with Gasteiger partial charge < -0.3 is 0 Å². The van der Waals surface area contributed by atoms with Gasteiger partial charge in [-0.25, -0.2) is 9.42 Å². The maximum Gasteiger partial charge on any atom is 0.265 e. The highest BCUT2D eigenvalue weighted by Gasteiger charge is 2.17. The Morgan fingerprint density at radius 1 is 1.50 bits per heavy atom. The van der Waals surface area contributed by atoms with Crippen molar-refractivity contribution < 1.29 is 9.42 Å². The molecule has 0 saturated carbocycles. The quantitative estimate of drug-likeness (QED) is 0.503. The smallest absolute Gasteiger partial charge is 0.221 e. The van der Waals surface area contributed by atoms with E-state index in [2.05, 4.69) is 4.52 Å². The van der Waals surface area contributed by atoms with Crippen LogP contribution in [-0.2, 0) is 4.52 Å². The van der Waals surface area contributed by atoms with Gasteiger partial charge in [0.05, 0.1) is 7.11 Å². The van der Waals surface area contributed by atoms with Crippen molar-refractivity contribution in [3.63, 3.8) is 0 Å². The van der Waals surface area contributed by atoms with Crippen LogP contribution >= 0.6 is 7.72 Å². The molecule has 0 heterocycles. The predicted octanol–water partition coefficient (Wildman–Crippen LogP) is 0.732. The lowest BCUT2D eigenvalue weighted by molar-refractivity contribution is 0.377. The van der Waals surface area contributed by atoms with Crippen molar-refractivity contribution in [1.29, 1.82) is 0 Å². The van der Waals surface area contributed by atoms with Crippen molar-refractivity contribution in [3.8, 4) is 0 Å². The molecule has 0 rings (SSSR count). The fraction of sp³-hybridized carbons (Fsp3) is 1.00. The van der Waals surface area contributed by atoms with Crippen LogP contribution in [0.4, 0.5) is 0 Å². The lowest BCUT2D eigenvalue weighted by atomic mass is 11.8. The molecule has 0 atom stereocenters. The summed E-state index contributed by atoms with van der Waals surface area (Å²) in [6, 6.07) is 0. The third kappa shape index (κ3) is 4.35. The lowest BCUT2D eigenvalue weighted by Gasteiger charge is -2.00. The van der Waals surface area contributed by atoms with Crippen molar-refractivity contribution in [2.45, 2.75) is 0 Å². The summed E-state index contributed by atoms with van der Waals surface area (Å²) in [5, 5.41) is 0. The molecule has 3 heteroatoms. The van der Waals surface area contributed by atoms with Crippen molar-refractivity contribution in [3.05, 3.63) is 0 Å². The molecule has 1 N–H and O–H groups in total. The molecule has 0 amide bonds. The van der Waals surface area contributed by atoms with E-state index >= 15 is 0 Å². The molecule has 6 heavy (non-hydrogen) atoms. The predicted molar refractivity (Wildman–Crippen MR) is 28.0 cm³/mol. The zero-order chi connectivity index (χ0) is 5.21. The summed E-state index contributed by atoms with van der Waals surface area (Å²) >= 11 is 0. The second kappa shape index (κ2) is 1.87. The molecule has 0 aliphatic carbocycles. The first-order chi connectivity index (χ1) is 2.56.